The molecule has 0 spiro atoms. The van der Waals surface area contributed by atoms with Gasteiger partial charge in [0.1, 0.15) is 17.7 Å². The SMILES string of the molecule is Cc1nc2c([nH]1)CN(C(=O)NCc1ccc3c(c1)C[C@@H](C)O3)CC2. The fourth-order valence-corrected chi connectivity index (χ4v) is 3.48. The molecule has 1 aromatic carbocycles. The molecule has 2 N–H and O–H groups in total. The van der Waals surface area contributed by atoms with Crippen molar-refractivity contribution in [1.29, 1.82) is 0 Å². The van der Waals surface area contributed by atoms with Crippen molar-refractivity contribution in [3.05, 3.63) is 46.5 Å². The lowest BCUT2D eigenvalue weighted by atomic mass is 10.1. The maximum absolute atomic E-state index is 12.4. The summed E-state index contributed by atoms with van der Waals surface area (Å²) in [4.78, 5) is 22.0. The van der Waals surface area contributed by atoms with E-state index in [9.17, 15) is 4.79 Å². The van der Waals surface area contributed by atoms with E-state index in [0.717, 1.165) is 41.4 Å². The molecule has 2 aliphatic rings. The summed E-state index contributed by atoms with van der Waals surface area (Å²) in [5, 5.41) is 3.02. The number of benzene rings is 1. The summed E-state index contributed by atoms with van der Waals surface area (Å²) in [6.45, 7) is 5.85. The van der Waals surface area contributed by atoms with Crippen LogP contribution in [0.1, 0.15) is 35.3 Å². The molecular formula is C18H22N4O2. The first kappa shape index (κ1) is 15.1. The lowest BCUT2D eigenvalue weighted by molar-refractivity contribution is 0.191. The number of H-pyrrole nitrogens is 1. The Labute approximate surface area is 141 Å². The van der Waals surface area contributed by atoms with Crippen LogP contribution in [0.25, 0.3) is 0 Å². The summed E-state index contributed by atoms with van der Waals surface area (Å²) >= 11 is 0. The van der Waals surface area contributed by atoms with Crippen molar-refractivity contribution >= 4 is 6.03 Å². The number of aromatic amines is 1. The van der Waals surface area contributed by atoms with Crippen LogP contribution in [0.2, 0.25) is 0 Å². The third kappa shape index (κ3) is 2.84. The van der Waals surface area contributed by atoms with Crippen molar-refractivity contribution < 1.29 is 9.53 Å². The number of urea groups is 1. The van der Waals surface area contributed by atoms with Gasteiger partial charge < -0.3 is 19.9 Å². The highest BCUT2D eigenvalue weighted by Gasteiger charge is 2.23. The second kappa shape index (κ2) is 5.85. The normalized spacial score (nSPS) is 18.8. The summed E-state index contributed by atoms with van der Waals surface area (Å²) in [7, 11) is 0. The molecule has 6 nitrogen and oxygen atoms in total. The Bertz CT molecular complexity index is 783. The Morgan fingerprint density at radius 2 is 2.38 bits per heavy atom. The number of hydrogen-bond donors (Lipinski definition) is 2. The Hall–Kier alpha value is -2.50. The lowest BCUT2D eigenvalue weighted by Gasteiger charge is -2.26. The smallest absolute Gasteiger partial charge is 0.318 e. The molecule has 0 radical (unpaired) electrons. The Morgan fingerprint density at radius 3 is 3.25 bits per heavy atom. The van der Waals surface area contributed by atoms with Crippen molar-refractivity contribution in [1.82, 2.24) is 20.2 Å². The predicted molar refractivity (Wildman–Crippen MR) is 89.9 cm³/mol. The highest BCUT2D eigenvalue weighted by atomic mass is 16.5. The first-order valence-corrected chi connectivity index (χ1v) is 8.44. The van der Waals surface area contributed by atoms with Gasteiger partial charge in [-0.05, 0) is 31.0 Å². The van der Waals surface area contributed by atoms with Crippen LogP contribution in [-0.4, -0.2) is 33.5 Å². The maximum Gasteiger partial charge on any atom is 0.318 e. The molecule has 0 saturated heterocycles. The van der Waals surface area contributed by atoms with Gasteiger partial charge in [-0.15, -0.1) is 0 Å². The van der Waals surface area contributed by atoms with E-state index in [1.54, 1.807) is 0 Å². The molecule has 6 heteroatoms. The van der Waals surface area contributed by atoms with Crippen molar-refractivity contribution in [3.63, 3.8) is 0 Å². The lowest BCUT2D eigenvalue weighted by Crippen LogP contribution is -2.42. The summed E-state index contributed by atoms with van der Waals surface area (Å²) in [5.41, 5.74) is 4.47. The topological polar surface area (TPSA) is 70.2 Å². The predicted octanol–water partition coefficient (Wildman–Crippen LogP) is 2.31. The van der Waals surface area contributed by atoms with Gasteiger partial charge in [0.05, 0.1) is 17.9 Å². The van der Waals surface area contributed by atoms with Gasteiger partial charge in [0, 0.05) is 25.9 Å². The number of rotatable bonds is 2. The van der Waals surface area contributed by atoms with E-state index in [1.807, 2.05) is 24.0 Å². The standard InChI is InChI=1S/C18H22N4O2/c1-11-7-14-8-13(3-4-17(14)24-11)9-19-18(23)22-6-5-15-16(10-22)21-12(2)20-15/h3-4,8,11H,5-7,9-10H2,1-2H3,(H,19,23)(H,20,21)/t11-/m1/s1. The number of carbonyl (C=O) groups excluding carboxylic acids is 1. The van der Waals surface area contributed by atoms with Crippen LogP contribution < -0.4 is 10.1 Å². The molecule has 126 valence electrons. The zero-order valence-electron chi connectivity index (χ0n) is 14.1. The molecule has 0 unspecified atom stereocenters. The molecule has 1 atom stereocenters. The molecule has 2 amide bonds. The van der Waals surface area contributed by atoms with Gasteiger partial charge in [0.2, 0.25) is 0 Å². The Kier molecular flexibility index (Phi) is 3.67. The van der Waals surface area contributed by atoms with Gasteiger partial charge in [-0.25, -0.2) is 9.78 Å². The molecule has 0 aliphatic carbocycles. The second-order valence-corrected chi connectivity index (χ2v) is 6.65. The number of imidazole rings is 1. The van der Waals surface area contributed by atoms with Crippen LogP contribution in [-0.2, 0) is 25.9 Å². The number of amides is 2. The minimum atomic E-state index is -0.0296. The van der Waals surface area contributed by atoms with Crippen LogP contribution in [0.4, 0.5) is 4.79 Å². The number of aromatic nitrogens is 2. The van der Waals surface area contributed by atoms with Gasteiger partial charge >= 0.3 is 6.03 Å². The number of carbonyl (C=O) groups is 1. The third-order valence-electron chi connectivity index (χ3n) is 4.64. The summed E-state index contributed by atoms with van der Waals surface area (Å²) < 4.78 is 5.71. The Balaban J connectivity index is 1.37. The van der Waals surface area contributed by atoms with Gasteiger partial charge in [-0.1, -0.05) is 12.1 Å². The van der Waals surface area contributed by atoms with Crippen LogP contribution in [0.15, 0.2) is 18.2 Å². The van der Waals surface area contributed by atoms with E-state index in [0.29, 0.717) is 19.6 Å². The fraction of sp³-hybridized carbons (Fsp3) is 0.444. The molecule has 24 heavy (non-hydrogen) atoms. The van der Waals surface area contributed by atoms with Crippen LogP contribution in [0.5, 0.6) is 5.75 Å². The molecule has 2 aromatic rings. The van der Waals surface area contributed by atoms with E-state index >= 15 is 0 Å². The number of aryl methyl sites for hydroxylation is 1. The van der Waals surface area contributed by atoms with Gasteiger partial charge in [0.15, 0.2) is 0 Å². The van der Waals surface area contributed by atoms with Gasteiger partial charge in [0.25, 0.3) is 0 Å². The first-order chi connectivity index (χ1) is 11.6. The van der Waals surface area contributed by atoms with Crippen molar-refractivity contribution in [3.8, 4) is 5.75 Å². The molecule has 4 rings (SSSR count). The van der Waals surface area contributed by atoms with Crippen molar-refractivity contribution in [2.75, 3.05) is 6.54 Å². The number of hydrogen-bond acceptors (Lipinski definition) is 3. The molecule has 1 aromatic heterocycles. The second-order valence-electron chi connectivity index (χ2n) is 6.65. The summed E-state index contributed by atoms with van der Waals surface area (Å²) in [6, 6.07) is 6.12. The number of fused-ring (bicyclic) bond motifs is 2. The number of ether oxygens (including phenoxy) is 1. The molecular weight excluding hydrogens is 304 g/mol. The molecule has 0 saturated carbocycles. The van der Waals surface area contributed by atoms with Crippen molar-refractivity contribution in [2.24, 2.45) is 0 Å². The average molecular weight is 326 g/mol. The molecule has 3 heterocycles. The van der Waals surface area contributed by atoms with Gasteiger partial charge in [-0.2, -0.15) is 0 Å². The van der Waals surface area contributed by atoms with Crippen LogP contribution >= 0.6 is 0 Å². The maximum atomic E-state index is 12.4. The zero-order chi connectivity index (χ0) is 16.7. The van der Waals surface area contributed by atoms with Crippen molar-refractivity contribution in [2.45, 2.75) is 45.9 Å². The quantitative estimate of drug-likeness (QED) is 0.890. The molecule has 2 aliphatic heterocycles. The Morgan fingerprint density at radius 1 is 1.50 bits per heavy atom. The van der Waals surface area contributed by atoms with E-state index in [4.69, 9.17) is 4.74 Å². The highest BCUT2D eigenvalue weighted by molar-refractivity contribution is 5.74. The minimum absolute atomic E-state index is 0.0296. The number of nitrogens with zero attached hydrogens (tertiary/aromatic N) is 2. The monoisotopic (exact) mass is 326 g/mol. The molecule has 0 fully saturated rings. The van der Waals surface area contributed by atoms with E-state index in [-0.39, 0.29) is 12.1 Å². The van der Waals surface area contributed by atoms with Crippen LogP contribution in [0.3, 0.4) is 0 Å². The summed E-state index contributed by atoms with van der Waals surface area (Å²) in [5.74, 6) is 1.88. The van der Waals surface area contributed by atoms with Gasteiger partial charge in [-0.3, -0.25) is 0 Å². The third-order valence-corrected chi connectivity index (χ3v) is 4.64. The van der Waals surface area contributed by atoms with E-state index in [1.165, 1.54) is 5.56 Å². The highest BCUT2D eigenvalue weighted by Crippen LogP contribution is 2.29. The summed E-state index contributed by atoms with van der Waals surface area (Å²) in [6.07, 6.45) is 1.98. The van der Waals surface area contributed by atoms with E-state index in [2.05, 4.69) is 28.3 Å². The zero-order valence-corrected chi connectivity index (χ0v) is 14.1. The number of nitrogens with one attached hydrogen (secondary N) is 2. The average Bonchev–Trinajstić information content (AvgIpc) is 3.11. The molecule has 0 bridgehead atoms. The first-order valence-electron chi connectivity index (χ1n) is 8.44. The largest absolute Gasteiger partial charge is 0.490 e. The van der Waals surface area contributed by atoms with E-state index < -0.39 is 0 Å². The van der Waals surface area contributed by atoms with Crippen LogP contribution in [0, 0.1) is 6.92 Å². The fourth-order valence-electron chi connectivity index (χ4n) is 3.48. The minimum Gasteiger partial charge on any atom is -0.490 e.